The number of alkyl carbamates (subject to hydrolysis) is 1. The topological polar surface area (TPSA) is 101 Å². The van der Waals surface area contributed by atoms with Gasteiger partial charge in [-0.3, -0.25) is 4.79 Å². The van der Waals surface area contributed by atoms with E-state index in [1.165, 1.54) is 12.8 Å². The summed E-state index contributed by atoms with van der Waals surface area (Å²) in [6.45, 7) is 18.8. The lowest BCUT2D eigenvalue weighted by atomic mass is 10.0. The van der Waals surface area contributed by atoms with Gasteiger partial charge in [-0.15, -0.1) is 0 Å². The average Bonchev–Trinajstić information content (AvgIpc) is 3.35. The van der Waals surface area contributed by atoms with Gasteiger partial charge in [0.2, 0.25) is 5.91 Å². The van der Waals surface area contributed by atoms with Gasteiger partial charge in [-0.05, 0) is 36.1 Å². The van der Waals surface area contributed by atoms with Crippen LogP contribution in [0.15, 0.2) is 30.5 Å². The Kier molecular flexibility index (Phi) is 12.2. The van der Waals surface area contributed by atoms with E-state index in [1.807, 2.05) is 27.0 Å². The van der Waals surface area contributed by atoms with E-state index < -0.39 is 20.2 Å². The Bertz CT molecular complexity index is 1110. The SMILES string of the molecule is CCCN(Cc1ncc(-c2ccc(N3CCNCC3)cc2)n1COCC[Si](C)(C)C)C(=O)[C@@H](NC(=O)OC)C(C)C. The Balaban J connectivity index is 1.88. The first-order valence-electron chi connectivity index (χ1n) is 14.9. The molecule has 11 heteroatoms. The molecule has 0 spiro atoms. The fourth-order valence-electron chi connectivity index (χ4n) is 4.82. The van der Waals surface area contributed by atoms with Gasteiger partial charge in [0.25, 0.3) is 0 Å². The molecule has 1 fully saturated rings. The van der Waals surface area contributed by atoms with Crippen molar-refractivity contribution in [2.45, 2.75) is 72.2 Å². The van der Waals surface area contributed by atoms with Crippen LogP contribution >= 0.6 is 0 Å². The predicted octanol–water partition coefficient (Wildman–Crippen LogP) is 4.39. The van der Waals surface area contributed by atoms with Crippen LogP contribution in [0, 0.1) is 5.92 Å². The molecule has 2 N–H and O–H groups in total. The Morgan fingerprint density at radius 1 is 1.15 bits per heavy atom. The minimum atomic E-state index is -1.24. The zero-order valence-corrected chi connectivity index (χ0v) is 27.0. The second kappa shape index (κ2) is 15.4. The van der Waals surface area contributed by atoms with Crippen LogP contribution in [0.3, 0.4) is 0 Å². The molecular formula is C30H50N6O4Si. The number of anilines is 1. The number of nitrogens with zero attached hydrogens (tertiary/aromatic N) is 4. The molecule has 0 radical (unpaired) electrons. The Hall–Kier alpha value is -2.89. The molecule has 2 aromatic rings. The van der Waals surface area contributed by atoms with E-state index >= 15 is 0 Å². The summed E-state index contributed by atoms with van der Waals surface area (Å²) in [4.78, 5) is 34.6. The molecular weight excluding hydrogens is 536 g/mol. The van der Waals surface area contributed by atoms with Gasteiger partial charge in [-0.25, -0.2) is 9.78 Å². The molecule has 1 aromatic heterocycles. The van der Waals surface area contributed by atoms with Crippen molar-refractivity contribution in [2.24, 2.45) is 5.92 Å². The smallest absolute Gasteiger partial charge is 0.407 e. The molecule has 1 saturated heterocycles. The summed E-state index contributed by atoms with van der Waals surface area (Å²) >= 11 is 0. The maximum Gasteiger partial charge on any atom is 0.407 e. The molecule has 41 heavy (non-hydrogen) atoms. The van der Waals surface area contributed by atoms with E-state index in [0.29, 0.717) is 26.4 Å². The third-order valence-corrected chi connectivity index (χ3v) is 9.03. The van der Waals surface area contributed by atoms with Gasteiger partial charge >= 0.3 is 6.09 Å². The van der Waals surface area contributed by atoms with Crippen LogP contribution in [0.25, 0.3) is 11.3 Å². The normalized spacial score (nSPS) is 14.7. The standard InChI is InChI=1S/C30H50N6O4Si/c1-8-15-35(29(37)28(23(2)3)33-30(38)39-4)21-27-32-20-26(36(27)22-40-18-19-41(5,6)7)24-9-11-25(12-10-24)34-16-13-31-14-17-34/h9-12,20,23,28,31H,8,13-19,21-22H2,1-7H3,(H,33,38)/t28-/m0/s1. The molecule has 1 atom stereocenters. The fourth-order valence-corrected chi connectivity index (χ4v) is 5.58. The third kappa shape index (κ3) is 9.58. The highest BCUT2D eigenvalue weighted by atomic mass is 28.3. The largest absolute Gasteiger partial charge is 0.453 e. The summed E-state index contributed by atoms with van der Waals surface area (Å²) < 4.78 is 13.1. The number of benzene rings is 1. The molecule has 2 amide bonds. The van der Waals surface area contributed by atoms with E-state index in [0.717, 1.165) is 55.7 Å². The van der Waals surface area contributed by atoms with Crippen molar-refractivity contribution in [1.82, 2.24) is 25.1 Å². The molecule has 1 aliphatic rings. The number of carbonyl (C=O) groups is 2. The van der Waals surface area contributed by atoms with Gasteiger partial charge in [0, 0.05) is 53.1 Å². The number of ether oxygens (including phenoxy) is 2. The van der Waals surface area contributed by atoms with Crippen LogP contribution in [-0.4, -0.2) is 87.0 Å². The van der Waals surface area contributed by atoms with E-state index in [9.17, 15) is 9.59 Å². The number of rotatable bonds is 14. The van der Waals surface area contributed by atoms with Crippen LogP contribution in [0.2, 0.25) is 25.7 Å². The van der Waals surface area contributed by atoms with Crippen molar-refractivity contribution >= 4 is 25.8 Å². The van der Waals surface area contributed by atoms with Crippen LogP contribution in [-0.2, 0) is 27.5 Å². The number of carbonyl (C=O) groups excluding carboxylic acids is 2. The highest BCUT2D eigenvalue weighted by Gasteiger charge is 2.30. The molecule has 1 aliphatic heterocycles. The lowest BCUT2D eigenvalue weighted by molar-refractivity contribution is -0.135. The fraction of sp³-hybridized carbons (Fsp3) is 0.633. The lowest BCUT2D eigenvalue weighted by Gasteiger charge is -2.29. The number of hydrogen-bond acceptors (Lipinski definition) is 7. The first-order chi connectivity index (χ1) is 19.5. The molecule has 1 aromatic carbocycles. The van der Waals surface area contributed by atoms with Gasteiger partial charge in [0.1, 0.15) is 18.6 Å². The van der Waals surface area contributed by atoms with Gasteiger partial charge in [-0.1, -0.05) is 52.5 Å². The summed E-state index contributed by atoms with van der Waals surface area (Å²) in [6.07, 6.45) is 2.04. The van der Waals surface area contributed by atoms with Gasteiger partial charge in [-0.2, -0.15) is 0 Å². The molecule has 2 heterocycles. The minimum Gasteiger partial charge on any atom is -0.453 e. The maximum atomic E-state index is 13.7. The second-order valence-corrected chi connectivity index (χ2v) is 17.9. The monoisotopic (exact) mass is 586 g/mol. The summed E-state index contributed by atoms with van der Waals surface area (Å²) in [5, 5.41) is 6.12. The van der Waals surface area contributed by atoms with Crippen molar-refractivity contribution in [1.29, 1.82) is 0 Å². The Labute approximate surface area is 246 Å². The minimum absolute atomic E-state index is 0.102. The number of methoxy groups -OCH3 is 1. The van der Waals surface area contributed by atoms with Crippen molar-refractivity contribution in [2.75, 3.05) is 51.3 Å². The average molecular weight is 587 g/mol. The maximum absolute atomic E-state index is 13.7. The van der Waals surface area contributed by atoms with Crippen molar-refractivity contribution in [3.8, 4) is 11.3 Å². The zero-order chi connectivity index (χ0) is 30.0. The molecule has 0 saturated carbocycles. The highest BCUT2D eigenvalue weighted by molar-refractivity contribution is 6.76. The van der Waals surface area contributed by atoms with E-state index in [4.69, 9.17) is 14.5 Å². The van der Waals surface area contributed by atoms with Gasteiger partial charge < -0.3 is 34.5 Å². The third-order valence-electron chi connectivity index (χ3n) is 7.33. The van der Waals surface area contributed by atoms with E-state index in [-0.39, 0.29) is 11.8 Å². The summed E-state index contributed by atoms with van der Waals surface area (Å²) in [5.41, 5.74) is 3.22. The Morgan fingerprint density at radius 3 is 2.41 bits per heavy atom. The number of aromatic nitrogens is 2. The predicted molar refractivity (Wildman–Crippen MR) is 167 cm³/mol. The van der Waals surface area contributed by atoms with E-state index in [1.54, 1.807) is 4.90 Å². The summed E-state index contributed by atoms with van der Waals surface area (Å²) in [7, 11) is 0.0613. The number of hydrogen-bond donors (Lipinski definition) is 2. The van der Waals surface area contributed by atoms with Crippen LogP contribution < -0.4 is 15.5 Å². The summed E-state index contributed by atoms with van der Waals surface area (Å²) in [6, 6.07) is 9.00. The molecule has 0 bridgehead atoms. The first kappa shape index (κ1) is 32.6. The lowest BCUT2D eigenvalue weighted by Crippen LogP contribution is -2.51. The van der Waals surface area contributed by atoms with Gasteiger partial charge in [0.05, 0.1) is 25.5 Å². The molecule has 3 rings (SSSR count). The quantitative estimate of drug-likeness (QED) is 0.250. The number of nitrogens with one attached hydrogen (secondary N) is 2. The van der Waals surface area contributed by atoms with Crippen LogP contribution in [0.4, 0.5) is 10.5 Å². The van der Waals surface area contributed by atoms with Gasteiger partial charge in [0.15, 0.2) is 0 Å². The first-order valence-corrected chi connectivity index (χ1v) is 18.6. The summed E-state index contributed by atoms with van der Waals surface area (Å²) in [5.74, 6) is 0.500. The van der Waals surface area contributed by atoms with Crippen molar-refractivity contribution in [3.05, 3.63) is 36.3 Å². The van der Waals surface area contributed by atoms with Crippen molar-refractivity contribution in [3.63, 3.8) is 0 Å². The van der Waals surface area contributed by atoms with Crippen LogP contribution in [0.5, 0.6) is 0 Å². The number of imidazole rings is 1. The number of piperazine rings is 1. The molecule has 0 aliphatic carbocycles. The molecule has 0 unspecified atom stereocenters. The van der Waals surface area contributed by atoms with Crippen molar-refractivity contribution < 1.29 is 19.1 Å². The number of amides is 2. The zero-order valence-electron chi connectivity index (χ0n) is 26.0. The second-order valence-electron chi connectivity index (χ2n) is 12.2. The molecule has 228 valence electrons. The molecule has 10 nitrogen and oxygen atoms in total. The highest BCUT2D eigenvalue weighted by Crippen LogP contribution is 2.26. The van der Waals surface area contributed by atoms with E-state index in [2.05, 4.69) is 64.0 Å². The van der Waals surface area contributed by atoms with Crippen LogP contribution in [0.1, 0.15) is 33.0 Å². The Morgan fingerprint density at radius 2 is 1.83 bits per heavy atom.